The number of anilines is 2. The molecule has 1 amide bonds. The van der Waals surface area contributed by atoms with E-state index in [1.165, 1.54) is 28.7 Å². The molecule has 0 atom stereocenters. The Balaban J connectivity index is 0.953. The number of nitrogens with zero attached hydrogens (tertiary/aromatic N) is 6. The summed E-state index contributed by atoms with van der Waals surface area (Å²) in [6.07, 6.45) is 2.66. The second-order valence-corrected chi connectivity index (χ2v) is 14.8. The van der Waals surface area contributed by atoms with Crippen LogP contribution in [0.5, 0.6) is 5.75 Å². The summed E-state index contributed by atoms with van der Waals surface area (Å²) in [5.41, 5.74) is 4.21. The lowest BCUT2D eigenvalue weighted by Crippen LogP contribution is -2.28. The number of carbonyl (C=O) groups is 2. The number of thiazole rings is 2. The minimum atomic E-state index is -2.37. The van der Waals surface area contributed by atoms with Crippen molar-refractivity contribution in [2.45, 2.75) is 19.3 Å². The van der Waals surface area contributed by atoms with Gasteiger partial charge < -0.3 is 19.5 Å². The highest BCUT2D eigenvalue weighted by molar-refractivity contribution is 7.22. The van der Waals surface area contributed by atoms with E-state index >= 15 is 0 Å². The Bertz CT molecular complexity index is 2700. The fourth-order valence-electron chi connectivity index (χ4n) is 6.78. The molecular weight excluding hydrogens is 762 g/mol. The molecule has 0 radical (unpaired) electrons. The smallest absolute Gasteiger partial charge is 0.360 e. The zero-order chi connectivity index (χ0) is 38.0. The average Bonchev–Trinajstić information content (AvgIpc) is 4.05. The molecular formula is C38H24F5N7O3S2. The van der Waals surface area contributed by atoms with Crippen LogP contribution in [0.4, 0.5) is 42.9 Å². The lowest BCUT2D eigenvalue weighted by molar-refractivity contribution is 0.0710. The Morgan fingerprint density at radius 3 is 2.31 bits per heavy atom. The first-order valence-electron chi connectivity index (χ1n) is 17.0. The highest BCUT2D eigenvalue weighted by Crippen LogP contribution is 2.42. The van der Waals surface area contributed by atoms with Crippen LogP contribution in [0.1, 0.15) is 39.3 Å². The molecule has 7 aromatic rings. The molecule has 1 saturated heterocycles. The number of halogens is 5. The van der Waals surface area contributed by atoms with Crippen LogP contribution in [0.3, 0.4) is 0 Å². The molecule has 17 heteroatoms. The summed E-state index contributed by atoms with van der Waals surface area (Å²) in [6, 6.07) is 19.7. The second-order valence-electron chi connectivity index (χ2n) is 12.8. The fourth-order valence-corrected chi connectivity index (χ4v) is 8.57. The summed E-state index contributed by atoms with van der Waals surface area (Å²) < 4.78 is 74.5. The summed E-state index contributed by atoms with van der Waals surface area (Å²) in [5.74, 6) is -14.7. The Hall–Kier alpha value is -6.07. The molecule has 0 spiro atoms. The first kappa shape index (κ1) is 34.7. The molecule has 2 aliphatic rings. The predicted molar refractivity (Wildman–Crippen MR) is 198 cm³/mol. The molecule has 3 aromatic heterocycles. The first-order chi connectivity index (χ1) is 26.6. The van der Waals surface area contributed by atoms with Crippen molar-refractivity contribution in [2.24, 2.45) is 10.2 Å². The Morgan fingerprint density at radius 1 is 0.800 bits per heavy atom. The SMILES string of the molecule is O=C(Oc1c(F)c(F)c(F)c(F)c1F)c1cc2c3c(ccc2[nH]1)N(C(=O)c1ccc2nc(/N=N/c4sc(N5CCCC5)nc4-c4ccccc4)sc2c1)CC3. The number of azo groups is 1. The second kappa shape index (κ2) is 13.7. The van der Waals surface area contributed by atoms with E-state index in [4.69, 9.17) is 4.98 Å². The number of H-pyrrole nitrogens is 1. The zero-order valence-electron chi connectivity index (χ0n) is 28.2. The van der Waals surface area contributed by atoms with Crippen LogP contribution in [0.15, 0.2) is 77.0 Å². The summed E-state index contributed by atoms with van der Waals surface area (Å²) in [6.45, 7) is 2.23. The number of esters is 1. The van der Waals surface area contributed by atoms with E-state index in [0.717, 1.165) is 47.0 Å². The quantitative estimate of drug-likeness (QED) is 0.0430. The number of carbonyl (C=O) groups excluding carboxylic acids is 2. The van der Waals surface area contributed by atoms with E-state index in [9.17, 15) is 31.5 Å². The number of nitrogens with one attached hydrogen (secondary N) is 1. The lowest BCUT2D eigenvalue weighted by Gasteiger charge is -2.17. The maximum atomic E-state index is 14.2. The van der Waals surface area contributed by atoms with Gasteiger partial charge in [-0.25, -0.2) is 27.9 Å². The van der Waals surface area contributed by atoms with Gasteiger partial charge in [0, 0.05) is 47.4 Å². The van der Waals surface area contributed by atoms with Crippen molar-refractivity contribution in [1.82, 2.24) is 15.0 Å². The van der Waals surface area contributed by atoms with Crippen molar-refractivity contribution < 1.29 is 36.3 Å². The number of aromatic amines is 1. The number of hydrogen-bond acceptors (Lipinski definition) is 10. The average molecular weight is 786 g/mol. The minimum absolute atomic E-state index is 0.273. The minimum Gasteiger partial charge on any atom is -0.415 e. The third kappa shape index (κ3) is 6.08. The molecule has 5 heterocycles. The van der Waals surface area contributed by atoms with Crippen LogP contribution in [0.2, 0.25) is 0 Å². The zero-order valence-corrected chi connectivity index (χ0v) is 29.8. The molecule has 4 aromatic carbocycles. The number of benzene rings is 4. The van der Waals surface area contributed by atoms with Gasteiger partial charge in [0.25, 0.3) is 5.91 Å². The predicted octanol–water partition coefficient (Wildman–Crippen LogP) is 10.0. The maximum Gasteiger partial charge on any atom is 0.360 e. The Morgan fingerprint density at radius 2 is 1.55 bits per heavy atom. The molecule has 0 bridgehead atoms. The number of fused-ring (bicyclic) bond motifs is 4. The van der Waals surface area contributed by atoms with Gasteiger partial charge in [-0.3, -0.25) is 4.79 Å². The van der Waals surface area contributed by atoms with Crippen LogP contribution in [0.25, 0.3) is 32.4 Å². The molecule has 0 unspecified atom stereocenters. The van der Waals surface area contributed by atoms with E-state index in [1.54, 1.807) is 35.2 Å². The van der Waals surface area contributed by atoms with E-state index < -0.39 is 40.8 Å². The van der Waals surface area contributed by atoms with E-state index in [0.29, 0.717) is 56.3 Å². The molecule has 1 fully saturated rings. The first-order valence-corrected chi connectivity index (χ1v) is 18.6. The summed E-state index contributed by atoms with van der Waals surface area (Å²) >= 11 is 2.79. The van der Waals surface area contributed by atoms with Crippen LogP contribution in [0, 0.1) is 29.1 Å². The van der Waals surface area contributed by atoms with Gasteiger partial charge in [0.05, 0.1) is 10.2 Å². The summed E-state index contributed by atoms with van der Waals surface area (Å²) in [7, 11) is 0. The van der Waals surface area contributed by atoms with Crippen molar-refractivity contribution >= 4 is 76.6 Å². The number of aromatic nitrogens is 3. The van der Waals surface area contributed by atoms with Crippen LogP contribution < -0.4 is 14.5 Å². The number of amides is 1. The van der Waals surface area contributed by atoms with Gasteiger partial charge in [0.1, 0.15) is 11.4 Å². The van der Waals surface area contributed by atoms with Crippen molar-refractivity contribution in [3.63, 3.8) is 0 Å². The van der Waals surface area contributed by atoms with Gasteiger partial charge in [0.2, 0.25) is 40.0 Å². The molecule has 9 rings (SSSR count). The van der Waals surface area contributed by atoms with E-state index in [2.05, 4.69) is 29.8 Å². The van der Waals surface area contributed by atoms with Crippen molar-refractivity contribution in [1.29, 1.82) is 0 Å². The number of hydrogen-bond donors (Lipinski definition) is 1. The third-order valence-electron chi connectivity index (χ3n) is 9.47. The Labute approximate surface area is 315 Å². The lowest BCUT2D eigenvalue weighted by atomic mass is 10.1. The summed E-state index contributed by atoms with van der Waals surface area (Å²) in [5, 5.41) is 11.6. The van der Waals surface area contributed by atoms with Gasteiger partial charge in [-0.2, -0.15) is 8.78 Å². The fraction of sp³-hybridized carbons (Fsp3) is 0.158. The van der Waals surface area contributed by atoms with Gasteiger partial charge in [-0.1, -0.05) is 53.0 Å². The standard InChI is InChI=1S/C38H24F5N7O3S2/c39-27-28(40)30(42)33(31(43)29(27)41)53-36(52)24-17-21-20-12-15-50(25(20)11-10-22(21)44-24)35(51)19-8-9-23-26(16-19)54-37(45-23)48-47-34-32(18-6-2-1-3-7-18)46-38(55-34)49-13-4-5-14-49/h1-3,6-11,16-17,44H,4-5,12-15H2/b48-47+. The van der Waals surface area contributed by atoms with Crippen molar-refractivity contribution in [2.75, 3.05) is 29.4 Å². The van der Waals surface area contributed by atoms with Crippen LogP contribution >= 0.6 is 22.7 Å². The highest BCUT2D eigenvalue weighted by atomic mass is 32.1. The normalized spacial score (nSPS) is 14.2. The van der Waals surface area contributed by atoms with Gasteiger partial charge in [-0.15, -0.1) is 10.2 Å². The van der Waals surface area contributed by atoms with Crippen molar-refractivity contribution in [3.05, 3.63) is 113 Å². The molecule has 1 N–H and O–H groups in total. The van der Waals surface area contributed by atoms with Crippen LogP contribution in [-0.4, -0.2) is 46.5 Å². The monoisotopic (exact) mass is 785 g/mol. The topological polar surface area (TPSA) is 116 Å². The number of ether oxygens (including phenoxy) is 1. The van der Waals surface area contributed by atoms with Gasteiger partial charge in [-0.05, 0) is 61.2 Å². The molecule has 2 aliphatic heterocycles. The molecule has 276 valence electrons. The molecule has 0 aliphatic carbocycles. The Kier molecular flexibility index (Phi) is 8.61. The molecule has 55 heavy (non-hydrogen) atoms. The highest BCUT2D eigenvalue weighted by Gasteiger charge is 2.31. The van der Waals surface area contributed by atoms with Crippen molar-refractivity contribution in [3.8, 4) is 17.0 Å². The molecule has 10 nitrogen and oxygen atoms in total. The molecule has 0 saturated carbocycles. The third-order valence-corrected chi connectivity index (χ3v) is 11.4. The maximum absolute atomic E-state index is 14.2. The number of rotatable bonds is 7. The van der Waals surface area contributed by atoms with Gasteiger partial charge >= 0.3 is 5.97 Å². The largest absolute Gasteiger partial charge is 0.415 e. The van der Waals surface area contributed by atoms with E-state index in [1.807, 2.05) is 30.3 Å². The van der Waals surface area contributed by atoms with Crippen LogP contribution in [-0.2, 0) is 6.42 Å². The summed E-state index contributed by atoms with van der Waals surface area (Å²) in [4.78, 5) is 42.8. The van der Waals surface area contributed by atoms with E-state index in [-0.39, 0.29) is 11.6 Å². The van der Waals surface area contributed by atoms with Gasteiger partial charge in [0.15, 0.2) is 10.1 Å².